The summed E-state index contributed by atoms with van der Waals surface area (Å²) in [4.78, 5) is 33.4. The summed E-state index contributed by atoms with van der Waals surface area (Å²) in [7, 11) is 1.40. The van der Waals surface area contributed by atoms with E-state index in [0.717, 1.165) is 0 Å². The van der Waals surface area contributed by atoms with Crippen molar-refractivity contribution in [3.05, 3.63) is 23.8 Å². The first kappa shape index (κ1) is 16.3. The molecule has 0 radical (unpaired) electrons. The summed E-state index contributed by atoms with van der Waals surface area (Å²) in [5, 5.41) is 13.9. The van der Waals surface area contributed by atoms with Crippen LogP contribution >= 0.6 is 0 Å². The molecule has 1 unspecified atom stereocenters. The highest BCUT2D eigenvalue weighted by Gasteiger charge is 2.14. The number of hydrogen-bond donors (Lipinski definition) is 4. The first-order chi connectivity index (χ1) is 9.83. The van der Waals surface area contributed by atoms with Gasteiger partial charge in [-0.2, -0.15) is 0 Å². The lowest BCUT2D eigenvalue weighted by molar-refractivity contribution is -0.118. The van der Waals surface area contributed by atoms with Crippen LogP contribution in [0.4, 0.5) is 10.5 Å². The lowest BCUT2D eigenvalue weighted by Gasteiger charge is -2.15. The normalized spacial score (nSPS) is 11.3. The van der Waals surface area contributed by atoms with Crippen LogP contribution in [0.5, 0.6) is 5.75 Å². The Hall–Kier alpha value is -2.77. The number of ether oxygens (including phenoxy) is 1. The summed E-state index contributed by atoms with van der Waals surface area (Å²) in [6.45, 7) is 1.62. The van der Waals surface area contributed by atoms with E-state index >= 15 is 0 Å². The predicted molar refractivity (Wildman–Crippen MR) is 75.4 cm³/mol. The molecule has 8 heteroatoms. The van der Waals surface area contributed by atoms with Gasteiger partial charge in [0.25, 0.3) is 0 Å². The van der Waals surface area contributed by atoms with Gasteiger partial charge >= 0.3 is 12.0 Å². The molecule has 0 spiro atoms. The molecule has 8 nitrogen and oxygen atoms in total. The molecule has 5 N–H and O–H groups in total. The molecule has 1 atom stereocenters. The SMILES string of the molecule is COc1ccc(C(=O)O)cc1NC(=O)NC(C)CC(N)=O. The van der Waals surface area contributed by atoms with Gasteiger partial charge in [0.1, 0.15) is 5.75 Å². The van der Waals surface area contributed by atoms with Crippen LogP contribution in [0.1, 0.15) is 23.7 Å². The Bertz CT molecular complexity index is 559. The fraction of sp³-hybridized carbons (Fsp3) is 0.308. The van der Waals surface area contributed by atoms with Gasteiger partial charge in [0.2, 0.25) is 5.91 Å². The summed E-state index contributed by atoms with van der Waals surface area (Å²) in [6.07, 6.45) is -0.000277. The van der Waals surface area contributed by atoms with Crippen molar-refractivity contribution < 1.29 is 24.2 Å². The van der Waals surface area contributed by atoms with Gasteiger partial charge in [-0.15, -0.1) is 0 Å². The highest BCUT2D eigenvalue weighted by molar-refractivity contribution is 5.95. The molecular weight excluding hydrogens is 278 g/mol. The summed E-state index contributed by atoms with van der Waals surface area (Å²) in [5.41, 5.74) is 5.24. The third-order valence-corrected chi connectivity index (χ3v) is 2.58. The molecule has 1 aromatic rings. The second-order valence-electron chi connectivity index (χ2n) is 4.39. The number of carboxylic acid groups (broad SMARTS) is 1. The third-order valence-electron chi connectivity index (χ3n) is 2.58. The van der Waals surface area contributed by atoms with Crippen LogP contribution in [0.3, 0.4) is 0 Å². The van der Waals surface area contributed by atoms with E-state index in [1.165, 1.54) is 25.3 Å². The highest BCUT2D eigenvalue weighted by Crippen LogP contribution is 2.25. The third kappa shape index (κ3) is 5.01. The maximum Gasteiger partial charge on any atom is 0.335 e. The van der Waals surface area contributed by atoms with Gasteiger partial charge < -0.3 is 26.2 Å². The summed E-state index contributed by atoms with van der Waals surface area (Å²) >= 11 is 0. The Morgan fingerprint density at radius 3 is 2.57 bits per heavy atom. The van der Waals surface area contributed by atoms with E-state index < -0.39 is 23.9 Å². The molecule has 0 aliphatic rings. The van der Waals surface area contributed by atoms with Crippen molar-refractivity contribution in [1.82, 2.24) is 5.32 Å². The minimum atomic E-state index is -1.12. The van der Waals surface area contributed by atoms with E-state index in [2.05, 4.69) is 10.6 Å². The number of nitrogens with one attached hydrogen (secondary N) is 2. The monoisotopic (exact) mass is 295 g/mol. The van der Waals surface area contributed by atoms with Gasteiger partial charge in [-0.3, -0.25) is 4.79 Å². The Morgan fingerprint density at radius 2 is 2.05 bits per heavy atom. The van der Waals surface area contributed by atoms with E-state index in [-0.39, 0.29) is 17.7 Å². The average molecular weight is 295 g/mol. The second-order valence-corrected chi connectivity index (χ2v) is 4.39. The minimum absolute atomic E-state index is 0.000277. The lowest BCUT2D eigenvalue weighted by atomic mass is 10.2. The maximum absolute atomic E-state index is 11.8. The number of anilines is 1. The molecule has 0 saturated carbocycles. The van der Waals surface area contributed by atoms with Crippen molar-refractivity contribution >= 4 is 23.6 Å². The van der Waals surface area contributed by atoms with Gasteiger partial charge in [0.15, 0.2) is 0 Å². The van der Waals surface area contributed by atoms with E-state index in [4.69, 9.17) is 15.6 Å². The van der Waals surface area contributed by atoms with Gasteiger partial charge in [-0.1, -0.05) is 0 Å². The minimum Gasteiger partial charge on any atom is -0.495 e. The van der Waals surface area contributed by atoms with Gasteiger partial charge in [0.05, 0.1) is 18.4 Å². The zero-order valence-corrected chi connectivity index (χ0v) is 11.7. The largest absolute Gasteiger partial charge is 0.495 e. The number of urea groups is 1. The Balaban J connectivity index is 2.80. The van der Waals surface area contributed by atoms with Crippen molar-refractivity contribution in [2.45, 2.75) is 19.4 Å². The second kappa shape index (κ2) is 7.13. The molecule has 0 fully saturated rings. The zero-order valence-electron chi connectivity index (χ0n) is 11.7. The molecule has 0 heterocycles. The number of benzene rings is 1. The van der Waals surface area contributed by atoms with Crippen LogP contribution < -0.4 is 21.1 Å². The van der Waals surface area contributed by atoms with Crippen LogP contribution in [0.15, 0.2) is 18.2 Å². The molecule has 0 saturated heterocycles. The molecular formula is C13H17N3O5. The number of rotatable bonds is 6. The first-order valence-electron chi connectivity index (χ1n) is 6.10. The molecule has 114 valence electrons. The number of carboxylic acids is 1. The standard InChI is InChI=1S/C13H17N3O5/c1-7(5-11(14)17)15-13(20)16-9-6-8(12(18)19)3-4-10(9)21-2/h3-4,6-7H,5H2,1-2H3,(H2,14,17)(H,18,19)(H2,15,16,20). The van der Waals surface area contributed by atoms with Crippen LogP contribution in [0.2, 0.25) is 0 Å². The van der Waals surface area contributed by atoms with Gasteiger partial charge in [-0.05, 0) is 25.1 Å². The van der Waals surface area contributed by atoms with Crippen molar-refractivity contribution in [2.24, 2.45) is 5.73 Å². The molecule has 0 bridgehead atoms. The van der Waals surface area contributed by atoms with E-state index in [1.807, 2.05) is 0 Å². The smallest absolute Gasteiger partial charge is 0.335 e. The number of amides is 3. The average Bonchev–Trinajstić information content (AvgIpc) is 2.37. The van der Waals surface area contributed by atoms with E-state index in [9.17, 15) is 14.4 Å². The number of primary amides is 1. The molecule has 1 rings (SSSR count). The maximum atomic E-state index is 11.8. The molecule has 21 heavy (non-hydrogen) atoms. The Labute approximate surface area is 121 Å². The zero-order chi connectivity index (χ0) is 16.0. The molecule has 0 aliphatic carbocycles. The number of hydrogen-bond acceptors (Lipinski definition) is 4. The van der Waals surface area contributed by atoms with E-state index in [1.54, 1.807) is 6.92 Å². The molecule has 1 aromatic carbocycles. The number of aromatic carboxylic acids is 1. The van der Waals surface area contributed by atoms with Crippen molar-refractivity contribution in [2.75, 3.05) is 12.4 Å². The lowest BCUT2D eigenvalue weighted by Crippen LogP contribution is -2.38. The number of methoxy groups -OCH3 is 1. The number of carbonyl (C=O) groups excluding carboxylic acids is 2. The number of carbonyl (C=O) groups is 3. The fourth-order valence-corrected chi connectivity index (χ4v) is 1.67. The quantitative estimate of drug-likeness (QED) is 0.616. The molecule has 0 aliphatic heterocycles. The number of nitrogens with two attached hydrogens (primary N) is 1. The van der Waals surface area contributed by atoms with Crippen LogP contribution in [-0.2, 0) is 4.79 Å². The summed E-state index contributed by atoms with van der Waals surface area (Å²) in [6, 6.07) is 3.03. The van der Waals surface area contributed by atoms with Crippen LogP contribution in [-0.4, -0.2) is 36.2 Å². The summed E-state index contributed by atoms with van der Waals surface area (Å²) < 4.78 is 5.04. The Kier molecular flexibility index (Phi) is 5.53. The van der Waals surface area contributed by atoms with Gasteiger partial charge in [0, 0.05) is 12.5 Å². The van der Waals surface area contributed by atoms with Crippen molar-refractivity contribution in [3.63, 3.8) is 0 Å². The molecule has 3 amide bonds. The first-order valence-corrected chi connectivity index (χ1v) is 6.10. The van der Waals surface area contributed by atoms with Crippen LogP contribution in [0.25, 0.3) is 0 Å². The van der Waals surface area contributed by atoms with Crippen LogP contribution in [0, 0.1) is 0 Å². The Morgan fingerprint density at radius 1 is 1.38 bits per heavy atom. The van der Waals surface area contributed by atoms with Gasteiger partial charge in [-0.25, -0.2) is 9.59 Å². The topological polar surface area (TPSA) is 131 Å². The van der Waals surface area contributed by atoms with E-state index in [0.29, 0.717) is 5.75 Å². The highest BCUT2D eigenvalue weighted by atomic mass is 16.5. The van der Waals surface area contributed by atoms with Crippen molar-refractivity contribution in [3.8, 4) is 5.75 Å². The summed E-state index contributed by atoms with van der Waals surface area (Å²) in [5.74, 6) is -1.34. The fourth-order valence-electron chi connectivity index (χ4n) is 1.67. The van der Waals surface area contributed by atoms with Crippen molar-refractivity contribution in [1.29, 1.82) is 0 Å². The predicted octanol–water partition coefficient (Wildman–Crippen LogP) is 0.779. The molecule has 0 aromatic heterocycles.